The molecule has 0 saturated carbocycles. The van der Waals surface area contributed by atoms with Gasteiger partial charge in [0.05, 0.1) is 0 Å². The predicted molar refractivity (Wildman–Crippen MR) is 33.4 cm³/mol. The van der Waals surface area contributed by atoms with Crippen LogP contribution in [0.15, 0.2) is 5.34 Å². The van der Waals surface area contributed by atoms with E-state index in [9.17, 15) is 0 Å². The van der Waals surface area contributed by atoms with E-state index in [1.54, 1.807) is 0 Å². The van der Waals surface area contributed by atoms with Gasteiger partial charge in [-0.15, -0.1) is 17.5 Å². The standard InChI is InChI=1S/CH3NS2.HNO2/c2-1(3)4;2-1-3/h(H3,2,3,4);(H,2,3). The lowest BCUT2D eigenvalue weighted by molar-refractivity contribution is 0.312. The summed E-state index contributed by atoms with van der Waals surface area (Å²) in [6.45, 7) is 0. The van der Waals surface area contributed by atoms with Crippen molar-refractivity contribution in [1.29, 1.82) is 0 Å². The largest absolute Gasteiger partial charge is 0.385 e. The fraction of sp³-hybridized carbons (Fsp3) is 0. The Balaban J connectivity index is 0. The van der Waals surface area contributed by atoms with E-state index < -0.39 is 0 Å². The lowest BCUT2D eigenvalue weighted by Gasteiger charge is -1.64. The Morgan fingerprint density at radius 2 is 2.00 bits per heavy atom. The second-order valence-electron chi connectivity index (χ2n) is 0.420. The molecule has 0 aliphatic carbocycles. The number of nitrogens with zero attached hydrogens (tertiary/aromatic N) is 1. The molecule has 0 bridgehead atoms. The monoisotopic (exact) mass is 140 g/mol. The second kappa shape index (κ2) is 9.16. The molecule has 0 aromatic heterocycles. The Morgan fingerprint density at radius 3 is 2.00 bits per heavy atom. The molecule has 0 rings (SSSR count). The Labute approximate surface area is 51.0 Å². The zero-order valence-corrected chi connectivity index (χ0v) is 4.95. The molecule has 0 spiro atoms. The summed E-state index contributed by atoms with van der Waals surface area (Å²) in [5, 5.41) is 7.89. The third kappa shape index (κ3) is 577. The van der Waals surface area contributed by atoms with Gasteiger partial charge < -0.3 is 10.9 Å². The van der Waals surface area contributed by atoms with Crippen LogP contribution in [0.4, 0.5) is 0 Å². The molecule has 6 heteroatoms. The second-order valence-corrected chi connectivity index (χ2v) is 1.64. The number of hydrogen-bond acceptors (Lipinski definition) is 3. The van der Waals surface area contributed by atoms with Crippen LogP contribution in [-0.4, -0.2) is 9.53 Å². The molecule has 0 aromatic carbocycles. The van der Waals surface area contributed by atoms with Gasteiger partial charge in [-0.25, -0.2) is 0 Å². The number of nitrogens with two attached hydrogens (primary N) is 1. The van der Waals surface area contributed by atoms with E-state index in [0.717, 1.165) is 0 Å². The molecule has 0 radical (unpaired) electrons. The molecular weight excluding hydrogens is 136 g/mol. The minimum absolute atomic E-state index is 0.194. The van der Waals surface area contributed by atoms with Crippen molar-refractivity contribution in [3.05, 3.63) is 4.91 Å². The molecule has 0 aliphatic heterocycles. The molecule has 0 aliphatic rings. The molecule has 0 atom stereocenters. The van der Waals surface area contributed by atoms with Gasteiger partial charge in [-0.05, 0) is 0 Å². The first-order valence-electron chi connectivity index (χ1n) is 1.10. The zero-order valence-electron chi connectivity index (χ0n) is 3.24. The Bertz CT molecular complexity index is 60.7. The molecule has 7 heavy (non-hydrogen) atoms. The van der Waals surface area contributed by atoms with Crippen LogP contribution < -0.4 is 5.73 Å². The summed E-state index contributed by atoms with van der Waals surface area (Å²) in [5.74, 6) is 0. The Morgan fingerprint density at radius 1 is 2.00 bits per heavy atom. The van der Waals surface area contributed by atoms with Gasteiger partial charge in [-0.1, -0.05) is 12.2 Å². The zero-order chi connectivity index (χ0) is 6.28. The summed E-state index contributed by atoms with van der Waals surface area (Å²) >= 11 is 7.65. The summed E-state index contributed by atoms with van der Waals surface area (Å²) in [4.78, 5) is 8.11. The van der Waals surface area contributed by atoms with Gasteiger partial charge in [0.1, 0.15) is 4.32 Å². The van der Waals surface area contributed by atoms with Gasteiger partial charge in [0.2, 0.25) is 0 Å². The number of rotatable bonds is 0. The van der Waals surface area contributed by atoms with Crippen LogP contribution >= 0.6 is 24.8 Å². The van der Waals surface area contributed by atoms with E-state index >= 15 is 0 Å². The summed E-state index contributed by atoms with van der Waals surface area (Å²) in [5.41, 5.74) is 4.71. The smallest absolute Gasteiger partial charge is 0.152 e. The van der Waals surface area contributed by atoms with E-state index in [1.165, 1.54) is 5.34 Å². The van der Waals surface area contributed by atoms with Crippen LogP contribution in [0, 0.1) is 4.91 Å². The van der Waals surface area contributed by atoms with Crippen LogP contribution in [0.2, 0.25) is 0 Å². The molecule has 4 nitrogen and oxygen atoms in total. The lowest BCUT2D eigenvalue weighted by atomic mass is 11.5. The quantitative estimate of drug-likeness (QED) is 0.196. The first-order chi connectivity index (χ1) is 3.15. The van der Waals surface area contributed by atoms with Crippen molar-refractivity contribution in [1.82, 2.24) is 0 Å². The van der Waals surface area contributed by atoms with Crippen molar-refractivity contribution < 1.29 is 5.21 Å². The highest BCUT2D eigenvalue weighted by atomic mass is 32.1. The molecule has 0 aromatic rings. The highest BCUT2D eigenvalue weighted by Gasteiger charge is 1.55. The molecule has 42 valence electrons. The average molecular weight is 140 g/mol. The SMILES string of the molecule is NC(=S)S.O=NO. The maximum atomic E-state index is 8.11. The maximum Gasteiger partial charge on any atom is 0.152 e. The summed E-state index contributed by atoms with van der Waals surface area (Å²) in [7, 11) is 0. The number of thiocarbonyl (C=S) groups is 1. The molecule has 0 saturated heterocycles. The highest BCUT2D eigenvalue weighted by Crippen LogP contribution is 1.63. The molecular formula is CH4N2O2S2. The summed E-state index contributed by atoms with van der Waals surface area (Å²) in [6.07, 6.45) is 0. The van der Waals surface area contributed by atoms with E-state index in [4.69, 9.17) is 15.8 Å². The Hall–Kier alpha value is -0.360. The van der Waals surface area contributed by atoms with Crippen LogP contribution in [-0.2, 0) is 0 Å². The molecule has 0 heterocycles. The fourth-order valence-corrected chi connectivity index (χ4v) is 0. The van der Waals surface area contributed by atoms with E-state index in [2.05, 4.69) is 24.8 Å². The van der Waals surface area contributed by atoms with Gasteiger partial charge in [0, 0.05) is 0 Å². The number of thiol groups is 1. The van der Waals surface area contributed by atoms with Crippen LogP contribution in [0.3, 0.4) is 0 Å². The summed E-state index contributed by atoms with van der Waals surface area (Å²) < 4.78 is 0.194. The van der Waals surface area contributed by atoms with Crippen LogP contribution in [0.5, 0.6) is 0 Å². The molecule has 0 amide bonds. The van der Waals surface area contributed by atoms with Crippen LogP contribution in [0.1, 0.15) is 0 Å². The van der Waals surface area contributed by atoms with E-state index in [1.807, 2.05) is 0 Å². The first-order valence-corrected chi connectivity index (χ1v) is 1.95. The molecule has 0 fully saturated rings. The van der Waals surface area contributed by atoms with Crippen molar-refractivity contribution in [2.75, 3.05) is 0 Å². The fourth-order valence-electron chi connectivity index (χ4n) is 0. The minimum Gasteiger partial charge on any atom is -0.385 e. The van der Waals surface area contributed by atoms with Gasteiger partial charge in [0.15, 0.2) is 5.34 Å². The molecule has 0 unspecified atom stereocenters. The molecule has 3 N–H and O–H groups in total. The average Bonchev–Trinajstić information content (AvgIpc) is 1.33. The van der Waals surface area contributed by atoms with Crippen molar-refractivity contribution in [3.8, 4) is 0 Å². The van der Waals surface area contributed by atoms with E-state index in [-0.39, 0.29) is 4.32 Å². The van der Waals surface area contributed by atoms with Gasteiger partial charge >= 0.3 is 0 Å². The maximum absolute atomic E-state index is 8.11. The predicted octanol–water partition coefficient (Wildman–Crippen LogP) is 0.302. The van der Waals surface area contributed by atoms with E-state index in [0.29, 0.717) is 0 Å². The van der Waals surface area contributed by atoms with Crippen molar-refractivity contribution in [2.24, 2.45) is 11.1 Å². The third-order valence-corrected chi connectivity index (χ3v) is 0. The normalized spacial score (nSPS) is 5.29. The number of hydrogen-bond donors (Lipinski definition) is 3. The van der Waals surface area contributed by atoms with Gasteiger partial charge in [0.25, 0.3) is 0 Å². The minimum atomic E-state index is 0.194. The van der Waals surface area contributed by atoms with Gasteiger partial charge in [-0.2, -0.15) is 0 Å². The van der Waals surface area contributed by atoms with Crippen LogP contribution in [0.25, 0.3) is 0 Å². The third-order valence-electron chi connectivity index (χ3n) is 0. The topological polar surface area (TPSA) is 75.7 Å². The first kappa shape index (κ1) is 9.81. The summed E-state index contributed by atoms with van der Waals surface area (Å²) in [6, 6.07) is 0. The van der Waals surface area contributed by atoms with Crippen molar-refractivity contribution >= 4 is 29.2 Å². The van der Waals surface area contributed by atoms with Gasteiger partial charge in [-0.3, -0.25) is 0 Å². The van der Waals surface area contributed by atoms with Crippen molar-refractivity contribution in [3.63, 3.8) is 0 Å². The van der Waals surface area contributed by atoms with Crippen molar-refractivity contribution in [2.45, 2.75) is 0 Å². The lowest BCUT2D eigenvalue weighted by Crippen LogP contribution is -1.94. The highest BCUT2D eigenvalue weighted by molar-refractivity contribution is 8.10. The Kier molecular flexibility index (Phi) is 12.8.